The predicted octanol–water partition coefficient (Wildman–Crippen LogP) is 5.28. The molecule has 2 bridgehead atoms. The normalized spacial score (nSPS) is 23.4. The van der Waals surface area contributed by atoms with E-state index in [0.29, 0.717) is 22.7 Å². The first-order valence-corrected chi connectivity index (χ1v) is 10.8. The van der Waals surface area contributed by atoms with E-state index in [1.807, 2.05) is 43.4 Å². The fourth-order valence-corrected chi connectivity index (χ4v) is 5.65. The third-order valence-electron chi connectivity index (χ3n) is 6.88. The molecule has 1 N–H and O–H groups in total. The molecule has 3 atom stereocenters. The molecule has 0 saturated carbocycles. The van der Waals surface area contributed by atoms with Gasteiger partial charge >= 0.3 is 0 Å². The Morgan fingerprint density at radius 3 is 2.33 bits per heavy atom. The molecule has 0 spiro atoms. The number of halogens is 2. The van der Waals surface area contributed by atoms with Crippen molar-refractivity contribution in [3.63, 3.8) is 0 Å². The predicted molar refractivity (Wildman–Crippen MR) is 126 cm³/mol. The molecule has 6 heteroatoms. The summed E-state index contributed by atoms with van der Waals surface area (Å²) in [6.45, 7) is 0. The van der Waals surface area contributed by atoms with Gasteiger partial charge in [-0.2, -0.15) is 0 Å². The number of carbonyl (C=O) groups excluding carboxylic acids is 1. The number of aromatic nitrogens is 1. The number of fused-ring (bicyclic) bond motifs is 3. The van der Waals surface area contributed by atoms with Gasteiger partial charge in [-0.25, -0.2) is 0 Å². The van der Waals surface area contributed by atoms with Gasteiger partial charge in [-0.15, -0.1) is 12.4 Å². The molecule has 2 aliphatic heterocycles. The maximum Gasteiger partial charge on any atom is 0.254 e. The van der Waals surface area contributed by atoms with Gasteiger partial charge in [-0.3, -0.25) is 4.79 Å². The second-order valence-electron chi connectivity index (χ2n) is 8.47. The molecule has 0 aliphatic carbocycles. The zero-order chi connectivity index (χ0) is 20.1. The molecule has 2 aromatic carbocycles. The van der Waals surface area contributed by atoms with Crippen LogP contribution in [0, 0.1) is 0 Å². The van der Waals surface area contributed by atoms with Crippen molar-refractivity contribution in [1.82, 2.24) is 14.8 Å². The van der Waals surface area contributed by atoms with Gasteiger partial charge in [0.25, 0.3) is 5.91 Å². The summed E-state index contributed by atoms with van der Waals surface area (Å²) >= 11 is 6.60. The Hall–Kier alpha value is -2.01. The van der Waals surface area contributed by atoms with Crippen LogP contribution in [0.4, 0.5) is 0 Å². The van der Waals surface area contributed by atoms with Gasteiger partial charge in [0.1, 0.15) is 0 Å². The van der Waals surface area contributed by atoms with Crippen LogP contribution in [0.5, 0.6) is 0 Å². The first-order chi connectivity index (χ1) is 14.0. The van der Waals surface area contributed by atoms with E-state index in [0.717, 1.165) is 35.0 Å². The van der Waals surface area contributed by atoms with Crippen molar-refractivity contribution in [1.29, 1.82) is 0 Å². The molecule has 3 heterocycles. The second kappa shape index (κ2) is 8.26. The van der Waals surface area contributed by atoms with Gasteiger partial charge in [-0.05, 0) is 50.4 Å². The van der Waals surface area contributed by atoms with Crippen molar-refractivity contribution in [3.8, 4) is 11.3 Å². The van der Waals surface area contributed by atoms with Gasteiger partial charge in [-0.1, -0.05) is 48.0 Å². The number of hydrogen-bond acceptors (Lipinski definition) is 2. The Morgan fingerprint density at radius 2 is 1.67 bits per heavy atom. The summed E-state index contributed by atoms with van der Waals surface area (Å²) in [4.78, 5) is 16.1. The van der Waals surface area contributed by atoms with Crippen LogP contribution < -0.4 is 5.32 Å². The summed E-state index contributed by atoms with van der Waals surface area (Å²) in [5.41, 5.74) is 3.61. The number of nitrogens with one attached hydrogen (secondary N) is 1. The minimum absolute atomic E-state index is 0. The molecular weight excluding hydrogens is 417 g/mol. The fraction of sp³-hybridized carbons (Fsp3) is 0.375. The molecule has 1 unspecified atom stereocenters. The van der Waals surface area contributed by atoms with Gasteiger partial charge in [0.05, 0.1) is 21.8 Å². The van der Waals surface area contributed by atoms with Crippen LogP contribution in [-0.2, 0) is 7.05 Å². The summed E-state index contributed by atoms with van der Waals surface area (Å²) in [7, 11) is 4.23. The van der Waals surface area contributed by atoms with Crippen LogP contribution in [0.1, 0.15) is 36.0 Å². The Kier molecular flexibility index (Phi) is 5.84. The number of benzene rings is 2. The minimum Gasteiger partial charge on any atom is -0.349 e. The highest BCUT2D eigenvalue weighted by Crippen LogP contribution is 2.38. The molecule has 3 aromatic rings. The molecule has 1 aromatic heterocycles. The summed E-state index contributed by atoms with van der Waals surface area (Å²) in [5, 5.41) is 4.82. The van der Waals surface area contributed by atoms with Gasteiger partial charge in [0.15, 0.2) is 0 Å². The Bertz CT molecular complexity index is 1060. The summed E-state index contributed by atoms with van der Waals surface area (Å²) in [5.74, 6) is -0.0171. The van der Waals surface area contributed by atoms with Crippen LogP contribution in [0.15, 0.2) is 48.5 Å². The number of rotatable bonds is 3. The largest absolute Gasteiger partial charge is 0.349 e. The van der Waals surface area contributed by atoms with E-state index in [9.17, 15) is 4.79 Å². The SMILES string of the molecule is CN1[C@@H]2CC[C@H]1CC(NC(=O)c1c(-c3ccccc3)n(C)c3cccc(Cl)c13)C2.Cl. The standard InChI is InChI=1S/C24H26ClN3O.ClH/c1-27-17-11-12-18(27)14-16(13-17)26-24(29)22-21-19(25)9-6-10-20(21)28(2)23(22)15-7-4-3-5-8-15;/h3-10,16-18H,11-14H2,1-2H3,(H,26,29);1H/t16?,17-,18+;. The second-order valence-corrected chi connectivity index (χ2v) is 8.88. The molecule has 5 rings (SSSR count). The van der Waals surface area contributed by atoms with Crippen LogP contribution in [0.3, 0.4) is 0 Å². The van der Waals surface area contributed by atoms with Crippen molar-refractivity contribution in [2.75, 3.05) is 7.05 Å². The van der Waals surface area contributed by atoms with Crippen LogP contribution in [-0.4, -0.2) is 40.5 Å². The number of amides is 1. The molecule has 0 radical (unpaired) electrons. The van der Waals surface area contributed by atoms with E-state index in [2.05, 4.69) is 34.0 Å². The van der Waals surface area contributed by atoms with E-state index in [1.54, 1.807) is 0 Å². The Balaban J connectivity index is 0.00000218. The number of aryl methyl sites for hydroxylation is 1. The summed E-state index contributed by atoms with van der Waals surface area (Å²) in [6.07, 6.45) is 4.53. The lowest BCUT2D eigenvalue weighted by molar-refractivity contribution is 0.0884. The third kappa shape index (κ3) is 3.41. The number of piperidine rings is 1. The first kappa shape index (κ1) is 21.2. The smallest absolute Gasteiger partial charge is 0.254 e. The van der Waals surface area contributed by atoms with Crippen molar-refractivity contribution in [3.05, 3.63) is 59.1 Å². The zero-order valence-electron chi connectivity index (χ0n) is 17.3. The number of hydrogen-bond donors (Lipinski definition) is 1. The molecule has 1 amide bonds. The lowest BCUT2D eigenvalue weighted by Crippen LogP contribution is -2.48. The maximum absolute atomic E-state index is 13.6. The molecule has 30 heavy (non-hydrogen) atoms. The van der Waals surface area contributed by atoms with Crippen LogP contribution >= 0.6 is 24.0 Å². The quantitative estimate of drug-likeness (QED) is 0.597. The minimum atomic E-state index is -0.0171. The Labute approximate surface area is 188 Å². The lowest BCUT2D eigenvalue weighted by atomic mass is 9.97. The van der Waals surface area contributed by atoms with Gasteiger partial charge in [0.2, 0.25) is 0 Å². The molecule has 2 fully saturated rings. The first-order valence-electron chi connectivity index (χ1n) is 10.4. The monoisotopic (exact) mass is 443 g/mol. The Morgan fingerprint density at radius 1 is 1.00 bits per heavy atom. The van der Waals surface area contributed by atoms with Crippen LogP contribution in [0.25, 0.3) is 22.2 Å². The molecule has 2 saturated heterocycles. The zero-order valence-corrected chi connectivity index (χ0v) is 18.8. The van der Waals surface area contributed by atoms with Crippen LogP contribution in [0.2, 0.25) is 5.02 Å². The van der Waals surface area contributed by atoms with Crippen molar-refractivity contribution >= 4 is 40.8 Å². The molecule has 158 valence electrons. The lowest BCUT2D eigenvalue weighted by Gasteiger charge is -2.36. The topological polar surface area (TPSA) is 37.3 Å². The van der Waals surface area contributed by atoms with Crippen molar-refractivity contribution in [2.45, 2.75) is 43.8 Å². The highest BCUT2D eigenvalue weighted by molar-refractivity contribution is 6.37. The van der Waals surface area contributed by atoms with Gasteiger partial charge < -0.3 is 14.8 Å². The molecular formula is C24H27Cl2N3O. The van der Waals surface area contributed by atoms with E-state index in [1.165, 1.54) is 12.8 Å². The molecule has 2 aliphatic rings. The average molecular weight is 444 g/mol. The fourth-order valence-electron chi connectivity index (χ4n) is 5.39. The highest BCUT2D eigenvalue weighted by Gasteiger charge is 2.39. The maximum atomic E-state index is 13.6. The van der Waals surface area contributed by atoms with E-state index in [4.69, 9.17) is 11.6 Å². The molecule has 4 nitrogen and oxygen atoms in total. The van der Waals surface area contributed by atoms with E-state index >= 15 is 0 Å². The summed E-state index contributed by atoms with van der Waals surface area (Å²) in [6, 6.07) is 17.3. The van der Waals surface area contributed by atoms with Crippen molar-refractivity contribution < 1.29 is 4.79 Å². The highest BCUT2D eigenvalue weighted by atomic mass is 35.5. The summed E-state index contributed by atoms with van der Waals surface area (Å²) < 4.78 is 2.09. The van der Waals surface area contributed by atoms with E-state index < -0.39 is 0 Å². The van der Waals surface area contributed by atoms with Gasteiger partial charge in [0, 0.05) is 30.6 Å². The average Bonchev–Trinajstić information content (AvgIpc) is 3.11. The van der Waals surface area contributed by atoms with E-state index in [-0.39, 0.29) is 24.4 Å². The number of nitrogens with zero attached hydrogens (tertiary/aromatic N) is 2. The number of carbonyl (C=O) groups is 1. The van der Waals surface area contributed by atoms with Crippen molar-refractivity contribution in [2.24, 2.45) is 7.05 Å². The third-order valence-corrected chi connectivity index (χ3v) is 7.20.